The summed E-state index contributed by atoms with van der Waals surface area (Å²) in [6, 6.07) is 11.4. The van der Waals surface area contributed by atoms with Gasteiger partial charge in [0.1, 0.15) is 0 Å². The number of nitrogens with zero attached hydrogens (tertiary/aromatic N) is 3. The van der Waals surface area contributed by atoms with E-state index in [1.807, 2.05) is 30.3 Å². The van der Waals surface area contributed by atoms with Crippen molar-refractivity contribution in [2.75, 3.05) is 11.2 Å². The number of hydrogen-bond donors (Lipinski definition) is 2. The van der Waals surface area contributed by atoms with Crippen LogP contribution in [0.2, 0.25) is 0 Å². The van der Waals surface area contributed by atoms with Crippen LogP contribution in [0, 0.1) is 6.92 Å². The van der Waals surface area contributed by atoms with Crippen molar-refractivity contribution in [3.05, 3.63) is 48.3 Å². The zero-order chi connectivity index (χ0) is 17.1. The number of carbonyl (C=O) groups excluding carboxylic acids is 1. The van der Waals surface area contributed by atoms with E-state index in [1.165, 1.54) is 16.4 Å². The molecule has 8 heteroatoms. The summed E-state index contributed by atoms with van der Waals surface area (Å²) < 4.78 is 6.41. The average molecular weight is 343 g/mol. The van der Waals surface area contributed by atoms with Gasteiger partial charge in [-0.15, -0.1) is 0 Å². The van der Waals surface area contributed by atoms with Gasteiger partial charge in [-0.05, 0) is 13.8 Å². The molecule has 0 unspecified atom stereocenters. The van der Waals surface area contributed by atoms with E-state index in [2.05, 4.69) is 15.5 Å². The van der Waals surface area contributed by atoms with Gasteiger partial charge in [0.2, 0.25) is 11.8 Å². The molecule has 3 aromatic rings. The van der Waals surface area contributed by atoms with Gasteiger partial charge in [-0.3, -0.25) is 10.1 Å². The number of nitrogen functional groups attached to an aromatic ring is 1. The Morgan fingerprint density at radius 3 is 2.79 bits per heavy atom. The van der Waals surface area contributed by atoms with Crippen molar-refractivity contribution in [3.63, 3.8) is 0 Å². The van der Waals surface area contributed by atoms with E-state index >= 15 is 0 Å². The number of imidazole rings is 1. The Balaban J connectivity index is 1.69. The SMILES string of the molecule is Cc1cc(NC(=O)[C@H](C)Sc2nc(-c3ccccc3)cn2N)on1. The molecule has 0 aliphatic heterocycles. The van der Waals surface area contributed by atoms with Gasteiger partial charge >= 0.3 is 0 Å². The second-order valence-corrected chi connectivity index (χ2v) is 6.57. The van der Waals surface area contributed by atoms with Crippen LogP contribution in [-0.2, 0) is 4.79 Å². The lowest BCUT2D eigenvalue weighted by atomic mass is 10.2. The van der Waals surface area contributed by atoms with Crippen LogP contribution in [0.15, 0.2) is 52.3 Å². The Morgan fingerprint density at radius 2 is 2.12 bits per heavy atom. The van der Waals surface area contributed by atoms with Crippen LogP contribution in [0.25, 0.3) is 11.3 Å². The number of aromatic nitrogens is 3. The summed E-state index contributed by atoms with van der Waals surface area (Å²) in [6.07, 6.45) is 1.74. The Hall–Kier alpha value is -2.74. The van der Waals surface area contributed by atoms with Gasteiger partial charge in [0.05, 0.1) is 22.8 Å². The summed E-state index contributed by atoms with van der Waals surface area (Å²) in [5, 5.41) is 6.57. The molecular weight excluding hydrogens is 326 g/mol. The lowest BCUT2D eigenvalue weighted by Gasteiger charge is -2.09. The van der Waals surface area contributed by atoms with E-state index < -0.39 is 5.25 Å². The molecule has 0 saturated carbocycles. The molecule has 7 nitrogen and oxygen atoms in total. The molecular formula is C16H17N5O2S. The third-order valence-electron chi connectivity index (χ3n) is 3.29. The summed E-state index contributed by atoms with van der Waals surface area (Å²) >= 11 is 1.27. The Morgan fingerprint density at radius 1 is 1.38 bits per heavy atom. The first-order valence-corrected chi connectivity index (χ1v) is 8.21. The van der Waals surface area contributed by atoms with Crippen LogP contribution in [0.1, 0.15) is 12.6 Å². The molecule has 1 atom stereocenters. The number of nitrogens with one attached hydrogen (secondary N) is 1. The highest BCUT2D eigenvalue weighted by Crippen LogP contribution is 2.26. The summed E-state index contributed by atoms with van der Waals surface area (Å²) in [5.41, 5.74) is 2.44. The standard InChI is InChI=1S/C16H17N5O2S/c1-10-8-14(23-20-10)19-15(22)11(2)24-16-18-13(9-21(16)17)12-6-4-3-5-7-12/h3-9,11H,17H2,1-2H3,(H,19,22)/t11-/m0/s1. The van der Waals surface area contributed by atoms with Crippen molar-refractivity contribution >= 4 is 23.6 Å². The molecule has 0 saturated heterocycles. The predicted molar refractivity (Wildman–Crippen MR) is 93.0 cm³/mol. The lowest BCUT2D eigenvalue weighted by Crippen LogP contribution is -2.23. The molecule has 3 rings (SSSR count). The maximum Gasteiger partial charge on any atom is 0.240 e. The van der Waals surface area contributed by atoms with E-state index in [-0.39, 0.29) is 5.91 Å². The van der Waals surface area contributed by atoms with E-state index in [9.17, 15) is 4.79 Å². The summed E-state index contributed by atoms with van der Waals surface area (Å²) in [5.74, 6) is 6.07. The smallest absolute Gasteiger partial charge is 0.240 e. The lowest BCUT2D eigenvalue weighted by molar-refractivity contribution is -0.115. The van der Waals surface area contributed by atoms with E-state index in [4.69, 9.17) is 10.4 Å². The second-order valence-electron chi connectivity index (χ2n) is 5.26. The molecule has 0 aliphatic carbocycles. The summed E-state index contributed by atoms with van der Waals surface area (Å²) in [7, 11) is 0. The fourth-order valence-corrected chi connectivity index (χ4v) is 2.88. The van der Waals surface area contributed by atoms with Gasteiger partial charge < -0.3 is 10.4 Å². The largest absolute Gasteiger partial charge is 0.338 e. The maximum absolute atomic E-state index is 12.2. The van der Waals surface area contributed by atoms with E-state index in [0.29, 0.717) is 16.7 Å². The molecule has 3 N–H and O–H groups in total. The van der Waals surface area contributed by atoms with Crippen molar-refractivity contribution in [3.8, 4) is 11.3 Å². The van der Waals surface area contributed by atoms with Crippen LogP contribution in [0.3, 0.4) is 0 Å². The number of anilines is 1. The summed E-state index contributed by atoms with van der Waals surface area (Å²) in [6.45, 7) is 3.56. The second kappa shape index (κ2) is 6.79. The fourth-order valence-electron chi connectivity index (χ4n) is 2.07. The van der Waals surface area contributed by atoms with Crippen molar-refractivity contribution < 1.29 is 9.32 Å². The molecule has 2 aromatic heterocycles. The molecule has 0 radical (unpaired) electrons. The van der Waals surface area contributed by atoms with Crippen LogP contribution in [-0.4, -0.2) is 26.0 Å². The van der Waals surface area contributed by atoms with Gasteiger partial charge in [-0.1, -0.05) is 47.3 Å². The van der Waals surface area contributed by atoms with Crippen molar-refractivity contribution in [2.45, 2.75) is 24.3 Å². The molecule has 1 aromatic carbocycles. The van der Waals surface area contributed by atoms with Crippen LogP contribution < -0.4 is 11.2 Å². The molecule has 0 bridgehead atoms. The molecule has 1 amide bonds. The quantitative estimate of drug-likeness (QED) is 0.546. The highest BCUT2D eigenvalue weighted by Gasteiger charge is 2.19. The normalized spacial score (nSPS) is 12.1. The van der Waals surface area contributed by atoms with Crippen LogP contribution in [0.4, 0.5) is 5.88 Å². The highest BCUT2D eigenvalue weighted by molar-refractivity contribution is 8.00. The minimum atomic E-state index is -0.399. The number of amides is 1. The average Bonchev–Trinajstić information content (AvgIpc) is 3.14. The number of rotatable bonds is 5. The van der Waals surface area contributed by atoms with Gasteiger partial charge in [0, 0.05) is 11.6 Å². The van der Waals surface area contributed by atoms with Crippen LogP contribution >= 0.6 is 11.8 Å². The predicted octanol–water partition coefficient (Wildman–Crippen LogP) is 2.68. The number of nitrogens with two attached hydrogens (primary N) is 1. The maximum atomic E-state index is 12.2. The summed E-state index contributed by atoms with van der Waals surface area (Å²) in [4.78, 5) is 16.7. The topological polar surface area (TPSA) is 99.0 Å². The number of benzene rings is 1. The number of hydrogen-bond acceptors (Lipinski definition) is 6. The molecule has 0 aliphatic rings. The third kappa shape index (κ3) is 3.60. The van der Waals surface area contributed by atoms with Gasteiger partial charge in [0.15, 0.2) is 5.16 Å². The first-order valence-electron chi connectivity index (χ1n) is 7.33. The highest BCUT2D eigenvalue weighted by atomic mass is 32.2. The van der Waals surface area contributed by atoms with Crippen molar-refractivity contribution in [1.29, 1.82) is 0 Å². The van der Waals surface area contributed by atoms with Crippen molar-refractivity contribution in [1.82, 2.24) is 14.8 Å². The van der Waals surface area contributed by atoms with Gasteiger partial charge in [-0.25, -0.2) is 9.66 Å². The zero-order valence-electron chi connectivity index (χ0n) is 13.3. The Bertz CT molecular complexity index is 843. The molecule has 0 spiro atoms. The minimum absolute atomic E-state index is 0.208. The van der Waals surface area contributed by atoms with Gasteiger partial charge in [-0.2, -0.15) is 0 Å². The number of carbonyl (C=O) groups is 1. The van der Waals surface area contributed by atoms with Crippen LogP contribution in [0.5, 0.6) is 0 Å². The first kappa shape index (κ1) is 16.1. The Labute approximate surface area is 143 Å². The Kier molecular flexibility index (Phi) is 4.57. The first-order chi connectivity index (χ1) is 11.5. The molecule has 24 heavy (non-hydrogen) atoms. The molecule has 2 heterocycles. The zero-order valence-corrected chi connectivity index (χ0v) is 14.1. The monoisotopic (exact) mass is 343 g/mol. The van der Waals surface area contributed by atoms with E-state index in [1.54, 1.807) is 26.1 Å². The van der Waals surface area contributed by atoms with Gasteiger partial charge in [0.25, 0.3) is 0 Å². The minimum Gasteiger partial charge on any atom is -0.338 e. The van der Waals surface area contributed by atoms with E-state index in [0.717, 1.165) is 11.3 Å². The number of thioether (sulfide) groups is 1. The molecule has 124 valence electrons. The third-order valence-corrected chi connectivity index (χ3v) is 4.37. The fraction of sp³-hybridized carbons (Fsp3) is 0.188. The molecule has 0 fully saturated rings. The van der Waals surface area contributed by atoms with Crippen molar-refractivity contribution in [2.24, 2.45) is 0 Å². The number of aryl methyl sites for hydroxylation is 1.